The third-order valence-electron chi connectivity index (χ3n) is 16.0. The van der Waals surface area contributed by atoms with Gasteiger partial charge in [0.2, 0.25) is 11.8 Å². The molecule has 2 saturated heterocycles. The van der Waals surface area contributed by atoms with Gasteiger partial charge in [0.05, 0.1) is 39.1 Å². The van der Waals surface area contributed by atoms with E-state index in [1.165, 1.54) is 23.8 Å². The van der Waals surface area contributed by atoms with Crippen molar-refractivity contribution >= 4 is 72.8 Å². The fraction of sp³-hybridized carbons (Fsp3) is 0.397. The molecule has 11 rings (SSSR count). The zero-order chi connectivity index (χ0) is 51.9. The van der Waals surface area contributed by atoms with Crippen molar-refractivity contribution in [2.24, 2.45) is 13.0 Å². The highest BCUT2D eigenvalue weighted by Gasteiger charge is 2.34. The number of imide groups is 1. The molecule has 2 atom stereocenters. The molecule has 3 fully saturated rings. The lowest BCUT2D eigenvalue weighted by Crippen LogP contribution is -2.52. The number of carboxylic acids is 1. The van der Waals surface area contributed by atoms with Crippen LogP contribution in [0.25, 0.3) is 32.2 Å². The minimum absolute atomic E-state index is 0.0309. The summed E-state index contributed by atoms with van der Waals surface area (Å²) in [6, 6.07) is 26.7. The van der Waals surface area contributed by atoms with E-state index in [1.54, 1.807) is 4.68 Å². The van der Waals surface area contributed by atoms with Crippen molar-refractivity contribution in [1.82, 2.24) is 30.0 Å². The van der Waals surface area contributed by atoms with Crippen LogP contribution in [0.3, 0.4) is 0 Å². The van der Waals surface area contributed by atoms with E-state index >= 15 is 4.39 Å². The van der Waals surface area contributed by atoms with Crippen LogP contribution >= 0.6 is 11.3 Å². The number of hydrogen-bond donors (Lipinski definition) is 3. The molecule has 17 heteroatoms. The standard InChI is InChI=1S/C58H62FN9O6S/c1-34-32-67(48-31-47-43(30-45(48)59)53(64-65(47)3)42-22-24-52(69)62-56(42)71)29-28-66(34)26-7-6-10-36-17-19-38(20-18-36)74-49-15-9-12-39(35(49)2)40-21-23-51(61-54(40)57(72)73)68-27-25-37-11-8-13-41(44(37)33-68)55(70)63-58-60-46-14-4-5-16-50(46)75-58/h4-5,8-9,11-16,21,23,30-31,34,36,38,42H,6-7,10,17-20,22,24-29,32-33H2,1-3H3,(H,72,73)(H,60,63,70)(H,62,69,71)/t34?,36-,38-,42?. The van der Waals surface area contributed by atoms with Gasteiger partial charge in [0.1, 0.15) is 17.4 Å². The fourth-order valence-electron chi connectivity index (χ4n) is 11.9. The van der Waals surface area contributed by atoms with Gasteiger partial charge in [-0.2, -0.15) is 5.10 Å². The molecule has 388 valence electrons. The molecule has 4 aromatic carbocycles. The summed E-state index contributed by atoms with van der Waals surface area (Å²) in [7, 11) is 1.81. The SMILES string of the molecule is Cc1c(O[C@H]2CC[C@H](CCCCN3CCN(c4cc5c(cc4F)c(C4CCC(=O)NC4=O)nn5C)CC3C)CC2)cccc1-c1ccc(N2CCc3cccc(C(=O)Nc4nc5ccccc5s4)c3C2)nc1C(=O)O. The van der Waals surface area contributed by atoms with Crippen LogP contribution in [0.15, 0.2) is 84.9 Å². The van der Waals surface area contributed by atoms with Crippen LogP contribution in [0.2, 0.25) is 0 Å². The van der Waals surface area contributed by atoms with Gasteiger partial charge in [-0.25, -0.2) is 19.2 Å². The van der Waals surface area contributed by atoms with E-state index in [2.05, 4.69) is 37.4 Å². The molecule has 7 aromatic rings. The number of aryl methyl sites for hydroxylation is 1. The molecule has 0 spiro atoms. The maximum absolute atomic E-state index is 15.8. The third-order valence-corrected chi connectivity index (χ3v) is 17.0. The van der Waals surface area contributed by atoms with Gasteiger partial charge in [0.15, 0.2) is 10.8 Å². The number of aromatic nitrogens is 4. The lowest BCUT2D eigenvalue weighted by molar-refractivity contribution is -0.134. The molecule has 75 heavy (non-hydrogen) atoms. The van der Waals surface area contributed by atoms with Crippen LogP contribution in [0.5, 0.6) is 5.75 Å². The van der Waals surface area contributed by atoms with Crippen molar-refractivity contribution in [3.63, 3.8) is 0 Å². The Morgan fingerprint density at radius 1 is 0.893 bits per heavy atom. The van der Waals surface area contributed by atoms with Crippen molar-refractivity contribution < 1.29 is 33.4 Å². The number of carbonyl (C=O) groups is 4. The van der Waals surface area contributed by atoms with E-state index in [-0.39, 0.29) is 47.8 Å². The number of para-hydroxylation sites is 1. The zero-order valence-electron chi connectivity index (χ0n) is 42.6. The summed E-state index contributed by atoms with van der Waals surface area (Å²) in [5, 5.41) is 21.7. The number of piperidine rings is 1. The minimum atomic E-state index is -1.11. The number of aromatic carboxylic acids is 1. The number of anilines is 3. The van der Waals surface area contributed by atoms with Crippen LogP contribution in [-0.4, -0.2) is 98.3 Å². The second kappa shape index (κ2) is 21.2. The van der Waals surface area contributed by atoms with Crippen molar-refractivity contribution in [1.29, 1.82) is 0 Å². The first kappa shape index (κ1) is 49.9. The number of carboxylic acid groups (broad SMARTS) is 1. The number of fused-ring (bicyclic) bond motifs is 3. The molecule has 15 nitrogen and oxygen atoms in total. The number of benzene rings is 4. The van der Waals surface area contributed by atoms with Gasteiger partial charge < -0.3 is 19.6 Å². The highest BCUT2D eigenvalue weighted by Crippen LogP contribution is 2.39. The summed E-state index contributed by atoms with van der Waals surface area (Å²) in [4.78, 5) is 67.0. The molecule has 1 saturated carbocycles. The molecule has 3 aromatic heterocycles. The monoisotopic (exact) mass is 1030 g/mol. The second-order valence-electron chi connectivity index (χ2n) is 20.8. The minimum Gasteiger partial charge on any atom is -0.490 e. The number of piperazine rings is 1. The molecule has 2 unspecified atom stereocenters. The molecule has 3 aliphatic heterocycles. The van der Waals surface area contributed by atoms with Gasteiger partial charge in [-0.3, -0.25) is 34.6 Å². The summed E-state index contributed by atoms with van der Waals surface area (Å²) >= 11 is 1.43. The summed E-state index contributed by atoms with van der Waals surface area (Å²) in [6.45, 7) is 8.51. The van der Waals surface area contributed by atoms with Crippen LogP contribution in [0.4, 0.5) is 21.0 Å². The molecule has 3 amide bonds. The Bertz CT molecular complexity index is 3320. The normalized spacial score (nSPS) is 20.3. The average Bonchev–Trinajstić information content (AvgIpc) is 3.97. The number of unbranched alkanes of at least 4 members (excludes halogenated alkanes) is 1. The Balaban J connectivity index is 0.658. The van der Waals surface area contributed by atoms with Gasteiger partial charge in [0, 0.05) is 68.7 Å². The number of halogens is 1. The quantitative estimate of drug-likeness (QED) is 0.0696. The number of rotatable bonds is 14. The first-order chi connectivity index (χ1) is 36.3. The van der Waals surface area contributed by atoms with Gasteiger partial charge in [-0.1, -0.05) is 60.6 Å². The number of nitrogens with one attached hydrogen (secondary N) is 2. The highest BCUT2D eigenvalue weighted by atomic mass is 32.1. The number of hydrogen-bond acceptors (Lipinski definition) is 12. The summed E-state index contributed by atoms with van der Waals surface area (Å²) < 4.78 is 25.2. The van der Waals surface area contributed by atoms with Crippen molar-refractivity contribution in [3.05, 3.63) is 124 Å². The molecule has 4 aliphatic rings. The fourth-order valence-corrected chi connectivity index (χ4v) is 12.7. The lowest BCUT2D eigenvalue weighted by atomic mass is 9.84. The number of ether oxygens (including phenoxy) is 1. The second-order valence-corrected chi connectivity index (χ2v) is 21.8. The summed E-state index contributed by atoms with van der Waals surface area (Å²) in [6.07, 6.45) is 8.94. The molecule has 0 radical (unpaired) electrons. The largest absolute Gasteiger partial charge is 0.490 e. The van der Waals surface area contributed by atoms with Gasteiger partial charge >= 0.3 is 5.97 Å². The number of thiazole rings is 1. The maximum atomic E-state index is 15.8. The van der Waals surface area contributed by atoms with Crippen LogP contribution in [0, 0.1) is 18.7 Å². The lowest BCUT2D eigenvalue weighted by Gasteiger charge is -2.41. The molecule has 3 N–H and O–H groups in total. The zero-order valence-corrected chi connectivity index (χ0v) is 43.4. The Hall–Kier alpha value is -7.24. The topological polar surface area (TPSA) is 175 Å². The van der Waals surface area contributed by atoms with E-state index in [0.717, 1.165) is 95.4 Å². The Morgan fingerprint density at radius 2 is 1.72 bits per heavy atom. The average molecular weight is 1030 g/mol. The maximum Gasteiger partial charge on any atom is 0.355 e. The number of carbonyl (C=O) groups excluding carboxylic acids is 3. The Morgan fingerprint density at radius 3 is 2.52 bits per heavy atom. The molecule has 6 heterocycles. The van der Waals surface area contributed by atoms with E-state index in [1.807, 2.05) is 97.7 Å². The first-order valence-corrected chi connectivity index (χ1v) is 27.2. The van der Waals surface area contributed by atoms with Crippen LogP contribution < -0.4 is 25.2 Å². The molecule has 1 aliphatic carbocycles. The van der Waals surface area contributed by atoms with Gasteiger partial charge in [-0.15, -0.1) is 0 Å². The van der Waals surface area contributed by atoms with Crippen molar-refractivity contribution in [2.75, 3.05) is 47.8 Å². The van der Waals surface area contributed by atoms with Crippen molar-refractivity contribution in [3.8, 4) is 16.9 Å². The number of pyridine rings is 1. The van der Waals surface area contributed by atoms with E-state index < -0.39 is 11.9 Å². The first-order valence-electron chi connectivity index (χ1n) is 26.4. The highest BCUT2D eigenvalue weighted by molar-refractivity contribution is 7.22. The predicted molar refractivity (Wildman–Crippen MR) is 289 cm³/mol. The Labute approximate surface area is 439 Å². The molecule has 0 bridgehead atoms. The van der Waals surface area contributed by atoms with Crippen molar-refractivity contribution in [2.45, 2.75) is 103 Å². The summed E-state index contributed by atoms with van der Waals surface area (Å²) in [5.41, 5.74) is 7.34. The van der Waals surface area contributed by atoms with E-state index in [0.29, 0.717) is 83.8 Å². The van der Waals surface area contributed by atoms with E-state index in [4.69, 9.17) is 9.72 Å². The van der Waals surface area contributed by atoms with Gasteiger partial charge in [0.25, 0.3) is 5.91 Å². The molecular weight excluding hydrogens is 970 g/mol. The number of amides is 3. The summed E-state index contributed by atoms with van der Waals surface area (Å²) in [5.74, 6) is -0.976. The van der Waals surface area contributed by atoms with E-state index in [9.17, 15) is 24.3 Å². The van der Waals surface area contributed by atoms with Gasteiger partial charge in [-0.05, 0) is 142 Å². The predicted octanol–water partition coefficient (Wildman–Crippen LogP) is 10.0. The van der Waals surface area contributed by atoms with Crippen LogP contribution in [0.1, 0.15) is 114 Å². The molecular formula is C58H62FN9O6S. The smallest absolute Gasteiger partial charge is 0.355 e. The third kappa shape index (κ3) is 10.3. The Kier molecular flexibility index (Phi) is 14.1. The van der Waals surface area contributed by atoms with Crippen LogP contribution in [-0.2, 0) is 29.6 Å². The number of nitrogens with zero attached hydrogens (tertiary/aromatic N) is 7.